The summed E-state index contributed by atoms with van der Waals surface area (Å²) in [6.07, 6.45) is 1.89. The van der Waals surface area contributed by atoms with Crippen molar-refractivity contribution < 1.29 is 5.11 Å². The van der Waals surface area contributed by atoms with Gasteiger partial charge in [-0.2, -0.15) is 0 Å². The molecule has 0 heterocycles. The minimum absolute atomic E-state index is 0.260. The van der Waals surface area contributed by atoms with Crippen molar-refractivity contribution in [3.8, 4) is 5.75 Å². The fourth-order valence-corrected chi connectivity index (χ4v) is 12.1. The van der Waals surface area contributed by atoms with Gasteiger partial charge in [-0.15, -0.1) is 0 Å². The van der Waals surface area contributed by atoms with Crippen LogP contribution in [0.5, 0.6) is 5.75 Å². The van der Waals surface area contributed by atoms with Crippen LogP contribution in [0.1, 0.15) is 27.8 Å². The maximum Gasteiger partial charge on any atom is 0.183 e. The van der Waals surface area contributed by atoms with Gasteiger partial charge < -0.3 is 5.11 Å². The molecule has 0 aliphatic rings. The number of phenolic OH excluding ortho intramolecular Hbond substituents is 1. The summed E-state index contributed by atoms with van der Waals surface area (Å²) in [6, 6.07) is 67.6. The van der Waals surface area contributed by atoms with Crippen molar-refractivity contribution >= 4 is 35.0 Å². The van der Waals surface area contributed by atoms with E-state index in [0.29, 0.717) is 5.56 Å². The Bertz CT molecular complexity index is 1920. The van der Waals surface area contributed by atoms with Crippen LogP contribution in [0.2, 0.25) is 0 Å². The average molecular weight is 636 g/mol. The van der Waals surface area contributed by atoms with E-state index in [1.165, 1.54) is 15.6 Å². The second kappa shape index (κ2) is 13.5. The van der Waals surface area contributed by atoms with E-state index in [4.69, 9.17) is 4.99 Å². The van der Waals surface area contributed by atoms with E-state index < -0.39 is 13.6 Å². The van der Waals surface area contributed by atoms with Crippen molar-refractivity contribution in [1.82, 2.24) is 0 Å². The van der Waals surface area contributed by atoms with Gasteiger partial charge in [0.25, 0.3) is 0 Å². The van der Waals surface area contributed by atoms with Crippen LogP contribution in [0.3, 0.4) is 0 Å². The zero-order valence-electron chi connectivity index (χ0n) is 26.9. The van der Waals surface area contributed by atoms with Gasteiger partial charge in [0, 0.05) is 11.8 Å². The first kappa shape index (κ1) is 30.9. The molecule has 0 radical (unpaired) electrons. The van der Waals surface area contributed by atoms with Crippen LogP contribution in [0, 0.1) is 6.92 Å². The molecule has 0 fully saturated rings. The van der Waals surface area contributed by atoms with E-state index in [0.717, 1.165) is 27.4 Å². The number of rotatable bonds is 9. The molecule has 0 spiro atoms. The number of nitrogens with zero attached hydrogens (tertiary/aromatic N) is 1. The van der Waals surface area contributed by atoms with Gasteiger partial charge >= 0.3 is 0 Å². The Morgan fingerprint density at radius 3 is 1.17 bits per heavy atom. The molecule has 0 saturated carbocycles. The second-order valence-electron chi connectivity index (χ2n) is 12.2. The summed E-state index contributed by atoms with van der Waals surface area (Å²) in [4.78, 5) is 5.51. The summed E-state index contributed by atoms with van der Waals surface area (Å²) in [5.74, 6) is 0.260. The third-order valence-electron chi connectivity index (χ3n) is 9.28. The quantitative estimate of drug-likeness (QED) is 0.0996. The third kappa shape index (κ3) is 5.49. The van der Waals surface area contributed by atoms with Gasteiger partial charge in [-0.25, -0.2) is 0 Å². The lowest BCUT2D eigenvalue weighted by molar-refractivity contribution is 0.478. The van der Waals surface area contributed by atoms with Crippen molar-refractivity contribution in [3.63, 3.8) is 0 Å². The lowest BCUT2D eigenvalue weighted by Crippen LogP contribution is -2.74. The van der Waals surface area contributed by atoms with Crippen molar-refractivity contribution in [3.05, 3.63) is 222 Å². The third-order valence-corrected chi connectivity index (χ3v) is 14.1. The summed E-state index contributed by atoms with van der Waals surface area (Å²) in [5, 5.41) is 17.1. The smallest absolute Gasteiger partial charge is 0.183 e. The highest BCUT2D eigenvalue weighted by molar-refractivity contribution is 7.20. The summed E-state index contributed by atoms with van der Waals surface area (Å²) in [6.45, 7) is 2.11. The molecule has 0 bridgehead atoms. The molecule has 48 heavy (non-hydrogen) atoms. The molecule has 7 rings (SSSR count). The minimum Gasteiger partial charge on any atom is -0.507 e. The molecule has 3 heteroatoms. The number of phenols is 1. The molecule has 1 N–H and O–H groups in total. The molecule has 0 amide bonds. The molecule has 0 aromatic heterocycles. The van der Waals surface area contributed by atoms with Crippen LogP contribution < -0.4 is 20.7 Å². The lowest BCUT2D eigenvalue weighted by Gasteiger charge is -2.35. The molecular weight excluding hydrogens is 599 g/mol. The van der Waals surface area contributed by atoms with Crippen LogP contribution in [-0.4, -0.2) is 19.4 Å². The van der Waals surface area contributed by atoms with Crippen LogP contribution in [0.25, 0.3) is 0 Å². The fourth-order valence-electron chi connectivity index (χ4n) is 7.15. The van der Waals surface area contributed by atoms with Crippen LogP contribution in [0.4, 0.5) is 0 Å². The maximum absolute atomic E-state index is 12.6. The zero-order valence-corrected chi connectivity index (χ0v) is 27.9. The average Bonchev–Trinajstić information content (AvgIpc) is 3.16. The molecule has 7 aromatic rings. The van der Waals surface area contributed by atoms with Gasteiger partial charge in [-0.1, -0.05) is 194 Å². The zero-order chi connectivity index (χ0) is 32.8. The maximum atomic E-state index is 12.6. The number of aliphatic imine (C=N–C) groups is 1. The van der Waals surface area contributed by atoms with E-state index in [1.54, 1.807) is 0 Å². The number of benzene rings is 7. The molecule has 0 unspecified atom stereocenters. The van der Waals surface area contributed by atoms with Crippen molar-refractivity contribution in [1.29, 1.82) is 0 Å². The van der Waals surface area contributed by atoms with Crippen LogP contribution >= 0.6 is 0 Å². The van der Waals surface area contributed by atoms with E-state index in [2.05, 4.69) is 177 Å². The Labute approximate surface area is 284 Å². The highest BCUT2D eigenvalue weighted by Crippen LogP contribution is 2.40. The van der Waals surface area contributed by atoms with Gasteiger partial charge in [-0.05, 0) is 50.4 Å². The number of aromatic hydroxyl groups is 1. The fraction of sp³-hybridized carbons (Fsp3) is 0.0444. The first-order chi connectivity index (χ1) is 23.6. The Balaban J connectivity index is 1.52. The lowest BCUT2D eigenvalue weighted by atomic mass is 9.77. The van der Waals surface area contributed by atoms with E-state index in [9.17, 15) is 5.11 Å². The summed E-state index contributed by atoms with van der Waals surface area (Å²) in [7, 11) is -2.99. The summed E-state index contributed by atoms with van der Waals surface area (Å²) >= 11 is 0. The Kier molecular flexibility index (Phi) is 8.70. The monoisotopic (exact) mass is 635 g/mol. The highest BCUT2D eigenvalue weighted by Gasteiger charge is 2.44. The molecule has 0 atom stereocenters. The molecule has 0 saturated heterocycles. The van der Waals surface area contributed by atoms with Crippen LogP contribution in [-0.2, 0) is 5.54 Å². The molecule has 232 valence electrons. The van der Waals surface area contributed by atoms with Crippen molar-refractivity contribution in [2.45, 2.75) is 12.5 Å². The van der Waals surface area contributed by atoms with Crippen molar-refractivity contribution in [2.24, 2.45) is 4.99 Å². The normalized spacial score (nSPS) is 11.9. The SMILES string of the molecule is Cc1cc(C=NC(c2ccccc2)(c2ccccc2)c2ccccc2)c(O)c([Si](c2ccccc2)(c2ccccc2)c2ccccc2)c1. The van der Waals surface area contributed by atoms with Gasteiger partial charge in [0.2, 0.25) is 0 Å². The van der Waals surface area contributed by atoms with Gasteiger partial charge in [-0.3, -0.25) is 4.99 Å². The first-order valence-corrected chi connectivity index (χ1v) is 18.4. The van der Waals surface area contributed by atoms with E-state index >= 15 is 0 Å². The van der Waals surface area contributed by atoms with E-state index in [1.807, 2.05) is 30.5 Å². The number of hydrogen-bond donors (Lipinski definition) is 1. The summed E-state index contributed by atoms with van der Waals surface area (Å²) in [5.41, 5.74) is 4.06. The Morgan fingerprint density at radius 1 is 0.479 bits per heavy atom. The summed E-state index contributed by atoms with van der Waals surface area (Å²) < 4.78 is 0. The highest BCUT2D eigenvalue weighted by atomic mass is 28.3. The van der Waals surface area contributed by atoms with Gasteiger partial charge in [0.1, 0.15) is 11.3 Å². The molecular formula is C45H37NOSi. The second-order valence-corrected chi connectivity index (χ2v) is 15.9. The predicted molar refractivity (Wildman–Crippen MR) is 203 cm³/mol. The molecule has 0 aliphatic heterocycles. The Hall–Kier alpha value is -5.77. The molecule has 0 aliphatic carbocycles. The van der Waals surface area contributed by atoms with E-state index in [-0.39, 0.29) is 5.75 Å². The minimum atomic E-state index is -2.99. The molecule has 2 nitrogen and oxygen atoms in total. The van der Waals surface area contributed by atoms with Crippen molar-refractivity contribution in [2.75, 3.05) is 0 Å². The van der Waals surface area contributed by atoms with Gasteiger partial charge in [0.05, 0.1) is 0 Å². The topological polar surface area (TPSA) is 32.6 Å². The number of aryl methyl sites for hydroxylation is 1. The molecule has 7 aromatic carbocycles. The largest absolute Gasteiger partial charge is 0.507 e. The number of hydrogen-bond acceptors (Lipinski definition) is 2. The van der Waals surface area contributed by atoms with Crippen LogP contribution in [0.15, 0.2) is 199 Å². The predicted octanol–water partition coefficient (Wildman–Crippen LogP) is 7.49. The van der Waals surface area contributed by atoms with Gasteiger partial charge in [0.15, 0.2) is 8.07 Å². The standard InChI is InChI=1S/C45H37NOSi/c1-35-32-36(34-46-45(37-20-8-2-9-21-37,38-22-10-3-11-23-38)39-24-12-4-13-25-39)44(47)43(33-35)48(40-26-14-5-15-27-40,41-28-16-6-17-29-41)42-30-18-7-19-31-42/h2-34,47H,1H3. The Morgan fingerprint density at radius 2 is 0.812 bits per heavy atom. The first-order valence-electron chi connectivity index (χ1n) is 16.4.